The van der Waals surface area contributed by atoms with E-state index < -0.39 is 10.0 Å². The maximum absolute atomic E-state index is 13.3. The number of sulfonamides is 1. The van der Waals surface area contributed by atoms with E-state index in [0.29, 0.717) is 11.4 Å². The lowest BCUT2D eigenvalue weighted by Gasteiger charge is -2.24. The number of hydrogen-bond acceptors (Lipinski definition) is 3. The molecule has 1 aliphatic heterocycles. The van der Waals surface area contributed by atoms with Crippen molar-refractivity contribution < 1.29 is 8.42 Å². The lowest BCUT2D eigenvalue weighted by atomic mass is 10.1. The summed E-state index contributed by atoms with van der Waals surface area (Å²) in [5.74, 6) is 0.931. The Morgan fingerprint density at radius 2 is 1.62 bits per heavy atom. The fourth-order valence-electron chi connectivity index (χ4n) is 3.00. The first-order valence-corrected chi connectivity index (χ1v) is 10.3. The first-order chi connectivity index (χ1) is 11.7. The van der Waals surface area contributed by atoms with Gasteiger partial charge in [0.25, 0.3) is 10.0 Å². The molecule has 0 saturated carbocycles. The lowest BCUT2D eigenvalue weighted by molar-refractivity contribution is 0.590. The fourth-order valence-corrected chi connectivity index (χ4v) is 5.61. The van der Waals surface area contributed by atoms with Crippen molar-refractivity contribution >= 4 is 38.2 Å². The minimum Gasteiger partial charge on any atom is -0.265 e. The van der Waals surface area contributed by atoms with Crippen LogP contribution in [0.3, 0.4) is 0 Å². The average molecular weight is 355 g/mol. The smallest absolute Gasteiger partial charge is 0.264 e. The Balaban J connectivity index is 1.84. The second-order valence-corrected chi connectivity index (χ2v) is 8.75. The summed E-state index contributed by atoms with van der Waals surface area (Å²) in [6.45, 7) is 0.513. The average Bonchev–Trinajstić information content (AvgIpc) is 2.84. The maximum atomic E-state index is 13.3. The summed E-state index contributed by atoms with van der Waals surface area (Å²) in [6, 6.07) is 20.9. The molecule has 5 heteroatoms. The zero-order valence-electron chi connectivity index (χ0n) is 13.1. The molecular formula is C19H17NO2S2. The molecule has 0 aliphatic carbocycles. The molecule has 0 unspecified atom stereocenters. The van der Waals surface area contributed by atoms with Gasteiger partial charge in [-0.3, -0.25) is 4.31 Å². The second-order valence-electron chi connectivity index (χ2n) is 5.76. The molecular weight excluding hydrogens is 338 g/mol. The normalized spacial score (nSPS) is 15.1. The van der Waals surface area contributed by atoms with Gasteiger partial charge in [0, 0.05) is 11.4 Å². The van der Waals surface area contributed by atoms with Gasteiger partial charge in [0.15, 0.2) is 0 Å². The molecule has 1 aliphatic rings. The van der Waals surface area contributed by atoms with E-state index in [0.717, 1.165) is 33.5 Å². The van der Waals surface area contributed by atoms with Crippen molar-refractivity contribution in [3.63, 3.8) is 0 Å². The van der Waals surface area contributed by atoms with Gasteiger partial charge in [0.1, 0.15) is 0 Å². The quantitative estimate of drug-likeness (QED) is 0.678. The van der Waals surface area contributed by atoms with Crippen LogP contribution in [0.1, 0.15) is 6.42 Å². The van der Waals surface area contributed by atoms with Crippen molar-refractivity contribution in [3.8, 4) is 0 Å². The molecule has 0 atom stereocenters. The minimum atomic E-state index is -3.57. The van der Waals surface area contributed by atoms with Gasteiger partial charge < -0.3 is 0 Å². The number of para-hydroxylation sites is 1. The van der Waals surface area contributed by atoms with Crippen molar-refractivity contribution in [1.29, 1.82) is 0 Å². The molecule has 3 aromatic carbocycles. The van der Waals surface area contributed by atoms with Gasteiger partial charge in [0.05, 0.1) is 10.6 Å². The lowest BCUT2D eigenvalue weighted by Crippen LogP contribution is -2.31. The molecule has 0 aromatic heterocycles. The first kappa shape index (κ1) is 15.5. The second kappa shape index (κ2) is 6.15. The summed E-state index contributed by atoms with van der Waals surface area (Å²) < 4.78 is 28.1. The Morgan fingerprint density at radius 3 is 2.50 bits per heavy atom. The van der Waals surface area contributed by atoms with E-state index >= 15 is 0 Å². The summed E-state index contributed by atoms with van der Waals surface area (Å²) in [5, 5.41) is 1.99. The monoisotopic (exact) mass is 355 g/mol. The molecule has 0 amide bonds. The van der Waals surface area contributed by atoms with Crippen LogP contribution in [0.2, 0.25) is 0 Å². The Labute approximate surface area is 146 Å². The molecule has 122 valence electrons. The molecule has 0 spiro atoms. The standard InChI is InChI=1S/C19H17NO2S2/c21-24(22,17-11-10-15-6-1-2-7-16(15)14-17)20-12-5-13-23-19-9-4-3-8-18(19)20/h1-4,6-11,14H,5,12-13H2. The van der Waals surface area contributed by atoms with Gasteiger partial charge >= 0.3 is 0 Å². The van der Waals surface area contributed by atoms with Gasteiger partial charge in [-0.2, -0.15) is 0 Å². The molecule has 24 heavy (non-hydrogen) atoms. The molecule has 3 aromatic rings. The van der Waals surface area contributed by atoms with Crippen molar-refractivity contribution in [3.05, 3.63) is 66.7 Å². The highest BCUT2D eigenvalue weighted by atomic mass is 32.2. The molecule has 1 heterocycles. The number of thioether (sulfide) groups is 1. The molecule has 0 radical (unpaired) electrons. The van der Waals surface area contributed by atoms with Crippen LogP contribution in [-0.4, -0.2) is 20.7 Å². The van der Waals surface area contributed by atoms with Crippen LogP contribution >= 0.6 is 11.8 Å². The van der Waals surface area contributed by atoms with Crippen LogP contribution in [0.5, 0.6) is 0 Å². The Morgan fingerprint density at radius 1 is 0.875 bits per heavy atom. The largest absolute Gasteiger partial charge is 0.265 e. The highest BCUT2D eigenvalue weighted by Gasteiger charge is 2.28. The van der Waals surface area contributed by atoms with Crippen molar-refractivity contribution in [2.45, 2.75) is 16.2 Å². The highest BCUT2D eigenvalue weighted by Crippen LogP contribution is 2.36. The number of benzene rings is 3. The maximum Gasteiger partial charge on any atom is 0.264 e. The van der Waals surface area contributed by atoms with E-state index in [-0.39, 0.29) is 0 Å². The first-order valence-electron chi connectivity index (χ1n) is 7.90. The zero-order chi connectivity index (χ0) is 16.6. The number of rotatable bonds is 2. The Bertz CT molecular complexity index is 999. The summed E-state index contributed by atoms with van der Waals surface area (Å²) in [4.78, 5) is 1.38. The predicted octanol–water partition coefficient (Wildman–Crippen LogP) is 4.53. The number of nitrogens with zero attached hydrogens (tertiary/aromatic N) is 1. The van der Waals surface area contributed by atoms with E-state index in [1.54, 1.807) is 28.2 Å². The third-order valence-corrected chi connectivity index (χ3v) is 7.16. The van der Waals surface area contributed by atoms with E-state index in [9.17, 15) is 8.42 Å². The van der Waals surface area contributed by atoms with Crippen LogP contribution in [0.25, 0.3) is 10.8 Å². The zero-order valence-corrected chi connectivity index (χ0v) is 14.7. The minimum absolute atomic E-state index is 0.350. The van der Waals surface area contributed by atoms with Gasteiger partial charge in [-0.15, -0.1) is 11.8 Å². The summed E-state index contributed by atoms with van der Waals surface area (Å²) in [5.41, 5.74) is 0.785. The fraction of sp³-hybridized carbons (Fsp3) is 0.158. The topological polar surface area (TPSA) is 37.4 Å². The molecule has 0 N–H and O–H groups in total. The SMILES string of the molecule is O=S(=O)(c1ccc2ccccc2c1)N1CCCSc2ccccc21. The van der Waals surface area contributed by atoms with Crippen LogP contribution < -0.4 is 4.31 Å². The van der Waals surface area contributed by atoms with Crippen LogP contribution in [0.15, 0.2) is 76.5 Å². The predicted molar refractivity (Wildman–Crippen MR) is 100 cm³/mol. The van der Waals surface area contributed by atoms with Gasteiger partial charge in [0.2, 0.25) is 0 Å². The third kappa shape index (κ3) is 2.68. The van der Waals surface area contributed by atoms with E-state index in [2.05, 4.69) is 0 Å². The number of fused-ring (bicyclic) bond motifs is 2. The van der Waals surface area contributed by atoms with Crippen molar-refractivity contribution in [2.75, 3.05) is 16.6 Å². The van der Waals surface area contributed by atoms with Gasteiger partial charge in [-0.05, 0) is 47.2 Å². The van der Waals surface area contributed by atoms with E-state index in [1.807, 2.05) is 54.6 Å². The summed E-state index contributed by atoms with van der Waals surface area (Å²) >= 11 is 1.72. The molecule has 0 bridgehead atoms. The molecule has 0 saturated heterocycles. The van der Waals surface area contributed by atoms with E-state index in [1.165, 1.54) is 0 Å². The van der Waals surface area contributed by atoms with E-state index in [4.69, 9.17) is 0 Å². The summed E-state index contributed by atoms with van der Waals surface area (Å²) in [6.07, 6.45) is 0.839. The third-order valence-electron chi connectivity index (χ3n) is 4.21. The Kier molecular flexibility index (Phi) is 3.98. The van der Waals surface area contributed by atoms with Crippen molar-refractivity contribution in [1.82, 2.24) is 0 Å². The van der Waals surface area contributed by atoms with Crippen LogP contribution in [0, 0.1) is 0 Å². The van der Waals surface area contributed by atoms with Crippen LogP contribution in [-0.2, 0) is 10.0 Å². The number of anilines is 1. The molecule has 4 rings (SSSR count). The Hall–Kier alpha value is -1.98. The summed E-state index contributed by atoms with van der Waals surface area (Å²) in [7, 11) is -3.57. The van der Waals surface area contributed by atoms with Crippen LogP contribution in [0.4, 0.5) is 5.69 Å². The van der Waals surface area contributed by atoms with Gasteiger partial charge in [-0.1, -0.05) is 42.5 Å². The van der Waals surface area contributed by atoms with Crippen molar-refractivity contribution in [2.24, 2.45) is 0 Å². The highest BCUT2D eigenvalue weighted by molar-refractivity contribution is 7.99. The molecule has 3 nitrogen and oxygen atoms in total. The molecule has 0 fully saturated rings. The van der Waals surface area contributed by atoms with Gasteiger partial charge in [-0.25, -0.2) is 8.42 Å². The number of hydrogen-bond donors (Lipinski definition) is 0.